The number of ketones is 1. The highest BCUT2D eigenvalue weighted by atomic mass is 19.3. The molecule has 0 saturated heterocycles. The van der Waals surface area contributed by atoms with E-state index in [2.05, 4.69) is 0 Å². The second-order valence-corrected chi connectivity index (χ2v) is 5.41. The molecular weight excluding hydrogens is 250 g/mol. The van der Waals surface area contributed by atoms with Crippen molar-refractivity contribution in [3.63, 3.8) is 0 Å². The van der Waals surface area contributed by atoms with Crippen LogP contribution in [-0.4, -0.2) is 18.3 Å². The highest BCUT2D eigenvalue weighted by molar-refractivity contribution is 6.00. The quantitative estimate of drug-likeness (QED) is 0.764. The fourth-order valence-corrected chi connectivity index (χ4v) is 3.02. The van der Waals surface area contributed by atoms with Crippen LogP contribution in [0.15, 0.2) is 18.2 Å². The number of Topliss-reactive ketones (excluding diaryl/α,β-unsaturated/α-hetero) is 1. The fourth-order valence-electron chi connectivity index (χ4n) is 3.02. The molecule has 4 heteroatoms. The molecule has 0 spiro atoms. The summed E-state index contributed by atoms with van der Waals surface area (Å²) in [7, 11) is 0. The summed E-state index contributed by atoms with van der Waals surface area (Å²) in [6.45, 7) is 0.570. The molecule has 1 heterocycles. The molecule has 102 valence electrons. The third-order valence-corrected chi connectivity index (χ3v) is 3.99. The van der Waals surface area contributed by atoms with Gasteiger partial charge in [0.2, 0.25) is 5.92 Å². The highest BCUT2D eigenvalue weighted by Crippen LogP contribution is 2.40. The Morgan fingerprint density at radius 3 is 3.00 bits per heavy atom. The zero-order valence-electron chi connectivity index (χ0n) is 10.6. The molecule has 2 nitrogen and oxygen atoms in total. The SMILES string of the molecule is O=C(c1cccc2c1OCC2)C1CCCC(F)(F)C1. The number of para-hydroxylation sites is 1. The Kier molecular flexibility index (Phi) is 3.03. The summed E-state index contributed by atoms with van der Waals surface area (Å²) in [6, 6.07) is 5.43. The summed E-state index contributed by atoms with van der Waals surface area (Å²) in [5.74, 6) is -2.84. The molecular formula is C15H16F2O2. The maximum Gasteiger partial charge on any atom is 0.248 e. The lowest BCUT2D eigenvalue weighted by atomic mass is 9.81. The van der Waals surface area contributed by atoms with Gasteiger partial charge in [-0.15, -0.1) is 0 Å². The molecule has 1 aliphatic carbocycles. The minimum Gasteiger partial charge on any atom is -0.492 e. The van der Waals surface area contributed by atoms with E-state index in [9.17, 15) is 13.6 Å². The van der Waals surface area contributed by atoms with Gasteiger partial charge >= 0.3 is 0 Å². The Morgan fingerprint density at radius 2 is 2.21 bits per heavy atom. The second kappa shape index (κ2) is 4.58. The molecule has 1 atom stereocenters. The average Bonchev–Trinajstić information content (AvgIpc) is 2.84. The summed E-state index contributed by atoms with van der Waals surface area (Å²) in [5, 5.41) is 0. The minimum absolute atomic E-state index is 0.0970. The third kappa shape index (κ3) is 2.36. The van der Waals surface area contributed by atoms with Gasteiger partial charge in [-0.05, 0) is 24.5 Å². The van der Waals surface area contributed by atoms with Gasteiger partial charge in [-0.3, -0.25) is 4.79 Å². The van der Waals surface area contributed by atoms with Crippen LogP contribution in [-0.2, 0) is 6.42 Å². The molecule has 0 N–H and O–H groups in total. The molecule has 2 aliphatic rings. The summed E-state index contributed by atoms with van der Waals surface area (Å²) < 4.78 is 32.3. The van der Waals surface area contributed by atoms with Crippen LogP contribution in [0.3, 0.4) is 0 Å². The van der Waals surface area contributed by atoms with Gasteiger partial charge in [0, 0.05) is 25.2 Å². The van der Waals surface area contributed by atoms with Crippen molar-refractivity contribution in [2.75, 3.05) is 6.61 Å². The van der Waals surface area contributed by atoms with Crippen LogP contribution in [0, 0.1) is 5.92 Å². The van der Waals surface area contributed by atoms with E-state index >= 15 is 0 Å². The second-order valence-electron chi connectivity index (χ2n) is 5.41. The van der Waals surface area contributed by atoms with E-state index in [0.717, 1.165) is 12.0 Å². The van der Waals surface area contributed by atoms with E-state index in [1.165, 1.54) is 0 Å². The molecule has 19 heavy (non-hydrogen) atoms. The molecule has 1 fully saturated rings. The first-order valence-corrected chi connectivity index (χ1v) is 6.73. The largest absolute Gasteiger partial charge is 0.492 e. The Hall–Kier alpha value is -1.45. The van der Waals surface area contributed by atoms with Crippen molar-refractivity contribution < 1.29 is 18.3 Å². The number of carbonyl (C=O) groups is 1. The van der Waals surface area contributed by atoms with Crippen LogP contribution >= 0.6 is 0 Å². The van der Waals surface area contributed by atoms with Crippen molar-refractivity contribution in [1.82, 2.24) is 0 Å². The summed E-state index contributed by atoms with van der Waals surface area (Å²) >= 11 is 0. The predicted octanol–water partition coefficient (Wildman–Crippen LogP) is 3.63. The number of ether oxygens (including phenoxy) is 1. The molecule has 1 aromatic rings. The summed E-state index contributed by atoms with van der Waals surface area (Å²) in [4.78, 5) is 12.4. The van der Waals surface area contributed by atoms with Crippen LogP contribution in [0.4, 0.5) is 8.78 Å². The Morgan fingerprint density at radius 1 is 1.37 bits per heavy atom. The van der Waals surface area contributed by atoms with Gasteiger partial charge in [0.15, 0.2) is 5.78 Å². The highest BCUT2D eigenvalue weighted by Gasteiger charge is 2.40. The lowest BCUT2D eigenvalue weighted by molar-refractivity contribution is -0.0478. The van der Waals surface area contributed by atoms with Crippen molar-refractivity contribution in [1.29, 1.82) is 0 Å². The first-order valence-electron chi connectivity index (χ1n) is 6.73. The van der Waals surface area contributed by atoms with Gasteiger partial charge in [-0.1, -0.05) is 12.1 Å². The van der Waals surface area contributed by atoms with E-state index in [-0.39, 0.29) is 18.6 Å². The van der Waals surface area contributed by atoms with Gasteiger partial charge in [-0.25, -0.2) is 8.78 Å². The Bertz CT molecular complexity index is 511. The summed E-state index contributed by atoms with van der Waals surface area (Å²) in [5.41, 5.74) is 1.49. The molecule has 1 unspecified atom stereocenters. The van der Waals surface area contributed by atoms with Crippen LogP contribution < -0.4 is 4.74 Å². The molecule has 1 aromatic carbocycles. The summed E-state index contributed by atoms with van der Waals surface area (Å²) in [6.07, 6.45) is 1.34. The number of benzene rings is 1. The minimum atomic E-state index is -2.70. The van der Waals surface area contributed by atoms with Crippen LogP contribution in [0.25, 0.3) is 0 Å². The number of hydrogen-bond acceptors (Lipinski definition) is 2. The van der Waals surface area contributed by atoms with Crippen LogP contribution in [0.5, 0.6) is 5.75 Å². The van der Waals surface area contributed by atoms with Crippen molar-refractivity contribution in [2.45, 2.75) is 38.0 Å². The Balaban J connectivity index is 1.87. The smallest absolute Gasteiger partial charge is 0.248 e. The van der Waals surface area contributed by atoms with E-state index in [1.807, 2.05) is 12.1 Å². The Labute approximate surface area is 110 Å². The fraction of sp³-hybridized carbons (Fsp3) is 0.533. The van der Waals surface area contributed by atoms with Gasteiger partial charge in [-0.2, -0.15) is 0 Å². The lowest BCUT2D eigenvalue weighted by Gasteiger charge is -2.28. The van der Waals surface area contributed by atoms with E-state index in [4.69, 9.17) is 4.74 Å². The maximum absolute atomic E-state index is 13.4. The third-order valence-electron chi connectivity index (χ3n) is 3.99. The van der Waals surface area contributed by atoms with Crippen LogP contribution in [0.2, 0.25) is 0 Å². The van der Waals surface area contributed by atoms with Crippen molar-refractivity contribution >= 4 is 5.78 Å². The first kappa shape index (κ1) is 12.6. The van der Waals surface area contributed by atoms with E-state index in [0.29, 0.717) is 30.8 Å². The van der Waals surface area contributed by atoms with Gasteiger partial charge in [0.05, 0.1) is 12.2 Å². The van der Waals surface area contributed by atoms with Crippen molar-refractivity contribution in [3.8, 4) is 5.75 Å². The van der Waals surface area contributed by atoms with Crippen molar-refractivity contribution in [2.24, 2.45) is 5.92 Å². The number of halogens is 2. The molecule has 0 amide bonds. The van der Waals surface area contributed by atoms with Gasteiger partial charge in [0.25, 0.3) is 0 Å². The lowest BCUT2D eigenvalue weighted by Crippen LogP contribution is -2.30. The molecule has 0 bridgehead atoms. The molecule has 1 saturated carbocycles. The predicted molar refractivity (Wildman–Crippen MR) is 66.9 cm³/mol. The maximum atomic E-state index is 13.4. The molecule has 3 rings (SSSR count). The molecule has 0 aromatic heterocycles. The average molecular weight is 266 g/mol. The first-order chi connectivity index (χ1) is 9.07. The number of hydrogen-bond donors (Lipinski definition) is 0. The zero-order chi connectivity index (χ0) is 13.5. The van der Waals surface area contributed by atoms with Crippen LogP contribution in [0.1, 0.15) is 41.6 Å². The van der Waals surface area contributed by atoms with Gasteiger partial charge in [0.1, 0.15) is 5.75 Å². The van der Waals surface area contributed by atoms with Crippen molar-refractivity contribution in [3.05, 3.63) is 29.3 Å². The zero-order valence-corrected chi connectivity index (χ0v) is 10.6. The topological polar surface area (TPSA) is 26.3 Å². The van der Waals surface area contributed by atoms with E-state index < -0.39 is 11.8 Å². The number of fused-ring (bicyclic) bond motifs is 1. The normalized spacial score (nSPS) is 24.6. The molecule has 0 radical (unpaired) electrons. The number of rotatable bonds is 2. The number of alkyl halides is 2. The van der Waals surface area contributed by atoms with E-state index in [1.54, 1.807) is 6.07 Å². The standard InChI is InChI=1S/C15H16F2O2/c16-15(17)7-2-4-11(9-15)13(18)12-5-1-3-10-6-8-19-14(10)12/h1,3,5,11H,2,4,6-9H2. The monoisotopic (exact) mass is 266 g/mol. The van der Waals surface area contributed by atoms with Gasteiger partial charge < -0.3 is 4.74 Å². The number of carbonyl (C=O) groups excluding carboxylic acids is 1. The molecule has 1 aliphatic heterocycles.